The summed E-state index contributed by atoms with van der Waals surface area (Å²) in [6.45, 7) is 6.40. The third-order valence-electron chi connectivity index (χ3n) is 5.50. The van der Waals surface area contributed by atoms with Crippen molar-refractivity contribution >= 4 is 65.4 Å². The number of oxazole rings is 2. The molecule has 6 amide bonds. The van der Waals surface area contributed by atoms with Gasteiger partial charge in [-0.25, -0.2) is 9.97 Å². The fourth-order valence-electron chi connectivity index (χ4n) is 3.38. The van der Waals surface area contributed by atoms with Gasteiger partial charge in [-0.2, -0.15) is 0 Å². The molecule has 2 heterocycles. The van der Waals surface area contributed by atoms with Crippen LogP contribution in [0.1, 0.15) is 60.8 Å². The van der Waals surface area contributed by atoms with E-state index in [1.807, 2.05) is 13.8 Å². The summed E-state index contributed by atoms with van der Waals surface area (Å²) in [4.78, 5) is 83.5. The van der Waals surface area contributed by atoms with Crippen LogP contribution in [0.4, 0.5) is 0 Å². The maximum absolute atomic E-state index is 13.0. The number of aryl methyl sites for hydroxylation is 1. The first kappa shape index (κ1) is 40.1. The molecule has 0 aliphatic heterocycles. The molecule has 258 valence electrons. The lowest BCUT2D eigenvalue weighted by molar-refractivity contribution is -0.120. The molecule has 0 aromatic carbocycles. The number of aliphatic hydroxyl groups is 1. The van der Waals surface area contributed by atoms with Gasteiger partial charge in [0.05, 0.1) is 23.6 Å². The number of halogens is 2. The Kier molecular flexibility index (Phi) is 18.5. The molecule has 2 aromatic rings. The van der Waals surface area contributed by atoms with Crippen LogP contribution < -0.4 is 31.9 Å². The fraction of sp³-hybridized carbons (Fsp3) is 0.444. The number of hydrogen-bond acceptors (Lipinski definition) is 12. The van der Waals surface area contributed by atoms with Gasteiger partial charge in [-0.05, 0) is 6.92 Å². The highest BCUT2D eigenvalue weighted by Crippen LogP contribution is 2.16. The van der Waals surface area contributed by atoms with Gasteiger partial charge in [0.25, 0.3) is 11.8 Å². The summed E-state index contributed by atoms with van der Waals surface area (Å²) in [5.41, 5.74) is 0.124. The number of carbonyl (C=O) groups excluding carboxylic acids is 6. The quantitative estimate of drug-likeness (QED) is 0.0473. The van der Waals surface area contributed by atoms with E-state index in [2.05, 4.69) is 46.9 Å². The minimum atomic E-state index is -1.14. The van der Waals surface area contributed by atoms with E-state index in [4.69, 9.17) is 32.0 Å². The average Bonchev–Trinajstić information content (AvgIpc) is 3.74. The molecule has 18 nitrogen and oxygen atoms in total. The summed E-state index contributed by atoms with van der Waals surface area (Å²) < 4.78 is 10.8. The minimum Gasteiger partial charge on any atom is -0.514 e. The zero-order chi connectivity index (χ0) is 35.4. The molecule has 0 aliphatic carbocycles. The third-order valence-corrected chi connectivity index (χ3v) is 5.99. The van der Waals surface area contributed by atoms with Crippen LogP contribution in [0.2, 0.25) is 0 Å². The van der Waals surface area contributed by atoms with E-state index in [1.165, 1.54) is 13.2 Å². The van der Waals surface area contributed by atoms with E-state index in [9.17, 15) is 33.9 Å². The highest BCUT2D eigenvalue weighted by molar-refractivity contribution is 6.27. The topological polar surface area (TPSA) is 259 Å². The van der Waals surface area contributed by atoms with Gasteiger partial charge in [0.15, 0.2) is 5.69 Å². The number of alkyl halides is 2. The number of nitrogens with one attached hydrogen (secondary N) is 6. The summed E-state index contributed by atoms with van der Waals surface area (Å²) >= 11 is 11.1. The lowest BCUT2D eigenvalue weighted by Crippen LogP contribution is -2.41. The van der Waals surface area contributed by atoms with Crippen molar-refractivity contribution in [3.63, 3.8) is 0 Å². The molecule has 0 bridgehead atoms. The van der Waals surface area contributed by atoms with Crippen molar-refractivity contribution < 1.29 is 42.7 Å². The molecule has 0 saturated heterocycles. The number of aliphatic hydroxyl groups excluding tert-OH is 1. The molecular formula is C27H37Cl2N9O9. The number of aliphatic imine (C=N–C) groups is 1. The van der Waals surface area contributed by atoms with Gasteiger partial charge in [0.2, 0.25) is 35.9 Å². The van der Waals surface area contributed by atoms with E-state index in [1.54, 1.807) is 6.92 Å². The van der Waals surface area contributed by atoms with Crippen LogP contribution >= 0.6 is 23.2 Å². The van der Waals surface area contributed by atoms with Crippen LogP contribution in [0.25, 0.3) is 0 Å². The van der Waals surface area contributed by atoms with Gasteiger partial charge in [-0.1, -0.05) is 13.8 Å². The Bertz CT molecular complexity index is 1410. The largest absolute Gasteiger partial charge is 0.514 e. The minimum absolute atomic E-state index is 0.103. The lowest BCUT2D eigenvalue weighted by atomic mass is 10.2. The predicted molar refractivity (Wildman–Crippen MR) is 169 cm³/mol. The molecule has 0 spiro atoms. The van der Waals surface area contributed by atoms with Crippen LogP contribution in [0.3, 0.4) is 0 Å². The number of aromatic nitrogens is 2. The summed E-state index contributed by atoms with van der Waals surface area (Å²) in [6.07, 6.45) is 3.99. The van der Waals surface area contributed by atoms with Crippen LogP contribution in [0, 0.1) is 6.92 Å². The third kappa shape index (κ3) is 14.3. The van der Waals surface area contributed by atoms with Crippen molar-refractivity contribution in [1.29, 1.82) is 0 Å². The summed E-state index contributed by atoms with van der Waals surface area (Å²) in [6, 6.07) is -3.03. The van der Waals surface area contributed by atoms with Crippen LogP contribution in [0.15, 0.2) is 38.3 Å². The first-order chi connectivity index (χ1) is 22.5. The van der Waals surface area contributed by atoms with E-state index < -0.39 is 47.7 Å². The maximum atomic E-state index is 13.0. The second kappa shape index (κ2) is 21.7. The van der Waals surface area contributed by atoms with Crippen molar-refractivity contribution in [2.24, 2.45) is 4.99 Å². The van der Waals surface area contributed by atoms with Gasteiger partial charge in [-0.3, -0.25) is 33.8 Å². The van der Waals surface area contributed by atoms with Crippen molar-refractivity contribution in [1.82, 2.24) is 41.9 Å². The van der Waals surface area contributed by atoms with E-state index in [-0.39, 0.29) is 54.6 Å². The molecule has 7 N–H and O–H groups in total. The van der Waals surface area contributed by atoms with Crippen molar-refractivity contribution in [3.8, 4) is 0 Å². The Labute approximate surface area is 279 Å². The average molecular weight is 703 g/mol. The molecule has 20 heteroatoms. The fourth-order valence-corrected chi connectivity index (χ4v) is 3.56. The Morgan fingerprint density at radius 3 is 2.00 bits per heavy atom. The molecule has 2 aromatic heterocycles. The Morgan fingerprint density at radius 2 is 1.49 bits per heavy atom. The lowest BCUT2D eigenvalue weighted by Gasteiger charge is -2.17. The normalized spacial score (nSPS) is 12.9. The first-order valence-electron chi connectivity index (χ1n) is 14.0. The standard InChI is InChI=1S/C25H31Cl2N9O9.C2H6/c1-13-10-44-24(33-13)17(7-31-21(41)4-27)35-23(43)19-11-45-25(36-19)16(6-30-20(40)3-26)34-22(42)8-29-18(9-37)15(32-12-38)5-28-14(2)39;1-2/h8-12,15-17,37H,3-7H2,1-2H3,(H,28,39)(H,30,40)(H,31,41)(H,32,38)(H,34,42)(H,35,43);1-2H3/b18-9-,29-8?;. The first-order valence-corrected chi connectivity index (χ1v) is 15.0. The van der Waals surface area contributed by atoms with Crippen LogP contribution in [-0.4, -0.2) is 94.7 Å². The SMILES string of the molecule is CC.CC(=O)NCC(NC=O)/C(=C/O)N=CC(=O)NC(CNC(=O)CCl)c1nc(C(=O)NC(CNC(=O)CCl)c2nc(C)co2)co1. The zero-order valence-corrected chi connectivity index (χ0v) is 27.5. The van der Waals surface area contributed by atoms with Crippen molar-refractivity contribution in [2.75, 3.05) is 31.4 Å². The maximum Gasteiger partial charge on any atom is 0.273 e. The molecule has 0 saturated carbocycles. The Morgan fingerprint density at radius 1 is 0.915 bits per heavy atom. The number of carbonyl (C=O) groups is 6. The van der Waals surface area contributed by atoms with Gasteiger partial charge in [0, 0.05) is 26.6 Å². The molecule has 0 radical (unpaired) electrons. The van der Waals surface area contributed by atoms with Crippen molar-refractivity contribution in [3.05, 3.63) is 47.7 Å². The molecule has 3 atom stereocenters. The zero-order valence-electron chi connectivity index (χ0n) is 26.0. The Hall–Kier alpha value is -4.97. The molecule has 47 heavy (non-hydrogen) atoms. The Balaban J connectivity index is 0.00000541. The molecule has 3 unspecified atom stereocenters. The smallest absolute Gasteiger partial charge is 0.273 e. The summed E-state index contributed by atoms with van der Waals surface area (Å²) in [5, 5.41) is 24.4. The number of amides is 6. The second-order valence-electron chi connectivity index (χ2n) is 8.95. The summed E-state index contributed by atoms with van der Waals surface area (Å²) in [7, 11) is 0. The van der Waals surface area contributed by atoms with E-state index >= 15 is 0 Å². The molecular weight excluding hydrogens is 665 g/mol. The highest BCUT2D eigenvalue weighted by Gasteiger charge is 2.26. The van der Waals surface area contributed by atoms with E-state index in [0.717, 1.165) is 12.5 Å². The van der Waals surface area contributed by atoms with Crippen molar-refractivity contribution in [2.45, 2.75) is 45.8 Å². The number of rotatable bonds is 18. The monoisotopic (exact) mass is 701 g/mol. The predicted octanol–water partition coefficient (Wildman–Crippen LogP) is 0.0565. The number of hydrogen-bond donors (Lipinski definition) is 7. The van der Waals surface area contributed by atoms with Gasteiger partial charge >= 0.3 is 0 Å². The number of nitrogens with zero attached hydrogens (tertiary/aromatic N) is 3. The van der Waals surface area contributed by atoms with E-state index in [0.29, 0.717) is 18.4 Å². The van der Waals surface area contributed by atoms with Gasteiger partial charge in [-0.15, -0.1) is 23.2 Å². The molecule has 2 rings (SSSR count). The summed E-state index contributed by atoms with van der Waals surface area (Å²) in [5.74, 6) is -3.87. The highest BCUT2D eigenvalue weighted by atomic mass is 35.5. The van der Waals surface area contributed by atoms with Gasteiger partial charge in [0.1, 0.15) is 42.6 Å². The van der Waals surface area contributed by atoms with Gasteiger partial charge < -0.3 is 45.8 Å². The van der Waals surface area contributed by atoms with Crippen LogP contribution in [-0.2, 0) is 24.0 Å². The second-order valence-corrected chi connectivity index (χ2v) is 9.48. The molecule has 0 aliphatic rings. The van der Waals surface area contributed by atoms with Crippen LogP contribution in [0.5, 0.6) is 0 Å². The molecule has 0 fully saturated rings.